The van der Waals surface area contributed by atoms with E-state index in [1.807, 2.05) is 0 Å². The summed E-state index contributed by atoms with van der Waals surface area (Å²) in [6, 6.07) is 0.566. The van der Waals surface area contributed by atoms with Crippen LogP contribution in [0, 0.1) is 0 Å². The van der Waals surface area contributed by atoms with Crippen molar-refractivity contribution in [2.45, 2.75) is 70.3 Å². The van der Waals surface area contributed by atoms with Gasteiger partial charge in [0.25, 0.3) is 0 Å². The molecule has 0 aliphatic heterocycles. The lowest BCUT2D eigenvalue weighted by molar-refractivity contribution is 0.431. The Morgan fingerprint density at radius 3 is 2.59 bits per heavy atom. The molecule has 2 aliphatic rings. The molecule has 1 saturated carbocycles. The van der Waals surface area contributed by atoms with Crippen LogP contribution in [0.25, 0.3) is 0 Å². The number of aryl methyl sites for hydroxylation is 1. The normalized spacial score (nSPS) is 23.9. The van der Waals surface area contributed by atoms with Crippen molar-refractivity contribution in [1.29, 1.82) is 0 Å². The van der Waals surface area contributed by atoms with Crippen molar-refractivity contribution in [1.82, 2.24) is 9.78 Å². The Kier molecular flexibility index (Phi) is 2.46. The number of nitrogens with zero attached hydrogens (tertiary/aromatic N) is 2. The first-order chi connectivity index (χ1) is 8.09. The van der Waals surface area contributed by atoms with Gasteiger partial charge in [-0.1, -0.05) is 26.7 Å². The molecule has 2 N–H and O–H groups in total. The minimum atomic E-state index is 0.217. The fourth-order valence-corrected chi connectivity index (χ4v) is 3.66. The van der Waals surface area contributed by atoms with Gasteiger partial charge >= 0.3 is 0 Å². The van der Waals surface area contributed by atoms with Crippen LogP contribution in [0.4, 0.5) is 5.82 Å². The Balaban J connectivity index is 2.05. The van der Waals surface area contributed by atoms with E-state index in [0.29, 0.717) is 6.04 Å². The van der Waals surface area contributed by atoms with Crippen LogP contribution in [0.2, 0.25) is 0 Å². The van der Waals surface area contributed by atoms with Gasteiger partial charge in [0, 0.05) is 5.56 Å². The molecule has 0 amide bonds. The van der Waals surface area contributed by atoms with E-state index >= 15 is 0 Å². The van der Waals surface area contributed by atoms with Gasteiger partial charge in [0.2, 0.25) is 0 Å². The third kappa shape index (κ3) is 1.67. The summed E-state index contributed by atoms with van der Waals surface area (Å²) in [4.78, 5) is 0. The molecule has 3 nitrogen and oxygen atoms in total. The molecule has 2 aliphatic carbocycles. The molecular weight excluding hydrogens is 210 g/mol. The van der Waals surface area contributed by atoms with Crippen LogP contribution >= 0.6 is 0 Å². The van der Waals surface area contributed by atoms with Gasteiger partial charge in [-0.2, -0.15) is 5.10 Å². The highest BCUT2D eigenvalue weighted by Gasteiger charge is 2.34. The molecule has 3 heteroatoms. The maximum Gasteiger partial charge on any atom is 0.126 e. The van der Waals surface area contributed by atoms with Crippen LogP contribution in [0.3, 0.4) is 0 Å². The summed E-state index contributed by atoms with van der Waals surface area (Å²) in [7, 11) is 0. The average molecular weight is 233 g/mol. The summed E-state index contributed by atoms with van der Waals surface area (Å²) in [5.74, 6) is 0.955. The highest BCUT2D eigenvalue weighted by molar-refractivity contribution is 5.50. The fourth-order valence-electron chi connectivity index (χ4n) is 3.66. The minimum Gasteiger partial charge on any atom is -0.384 e. The summed E-state index contributed by atoms with van der Waals surface area (Å²) in [5, 5.41) is 4.82. The third-order valence-corrected chi connectivity index (χ3v) is 4.58. The van der Waals surface area contributed by atoms with Crippen molar-refractivity contribution >= 4 is 5.82 Å². The minimum absolute atomic E-state index is 0.217. The first-order valence-corrected chi connectivity index (χ1v) is 6.97. The molecule has 0 spiro atoms. The van der Waals surface area contributed by atoms with Gasteiger partial charge in [-0.25, -0.2) is 4.68 Å². The lowest BCUT2D eigenvalue weighted by atomic mass is 9.75. The maximum atomic E-state index is 6.38. The van der Waals surface area contributed by atoms with E-state index in [-0.39, 0.29) is 5.41 Å². The Bertz CT molecular complexity index is 425. The Morgan fingerprint density at radius 1 is 1.24 bits per heavy atom. The van der Waals surface area contributed by atoms with Crippen molar-refractivity contribution in [3.05, 3.63) is 11.3 Å². The first-order valence-electron chi connectivity index (χ1n) is 6.97. The van der Waals surface area contributed by atoms with Crippen molar-refractivity contribution in [2.24, 2.45) is 0 Å². The molecule has 0 radical (unpaired) electrons. The van der Waals surface area contributed by atoms with E-state index in [4.69, 9.17) is 10.8 Å². The number of nitrogen functional groups attached to an aromatic ring is 1. The summed E-state index contributed by atoms with van der Waals surface area (Å²) in [6.45, 7) is 4.62. The Morgan fingerprint density at radius 2 is 1.94 bits per heavy atom. The molecule has 94 valence electrons. The summed E-state index contributed by atoms with van der Waals surface area (Å²) in [5.41, 5.74) is 9.21. The van der Waals surface area contributed by atoms with Gasteiger partial charge in [0.05, 0.1) is 11.7 Å². The van der Waals surface area contributed by atoms with Crippen LogP contribution in [0.15, 0.2) is 0 Å². The topological polar surface area (TPSA) is 43.8 Å². The predicted octanol–water partition coefficient (Wildman–Crippen LogP) is 3.19. The van der Waals surface area contributed by atoms with Crippen LogP contribution in [0.5, 0.6) is 0 Å². The molecule has 17 heavy (non-hydrogen) atoms. The number of aromatic nitrogens is 2. The van der Waals surface area contributed by atoms with E-state index < -0.39 is 0 Å². The van der Waals surface area contributed by atoms with E-state index in [9.17, 15) is 0 Å². The molecule has 0 aromatic carbocycles. The van der Waals surface area contributed by atoms with Crippen LogP contribution < -0.4 is 5.73 Å². The lowest BCUT2D eigenvalue weighted by Crippen LogP contribution is -2.24. The molecule has 0 unspecified atom stereocenters. The number of fused-ring (bicyclic) bond motifs is 1. The van der Waals surface area contributed by atoms with Gasteiger partial charge in [0.15, 0.2) is 0 Å². The summed E-state index contributed by atoms with van der Waals surface area (Å²) in [6.07, 6.45) is 8.77. The molecule has 1 fully saturated rings. The van der Waals surface area contributed by atoms with Gasteiger partial charge in [-0.3, -0.25) is 0 Å². The van der Waals surface area contributed by atoms with Gasteiger partial charge in [-0.15, -0.1) is 0 Å². The van der Waals surface area contributed by atoms with Crippen LogP contribution in [-0.2, 0) is 11.8 Å². The van der Waals surface area contributed by atoms with Crippen molar-refractivity contribution < 1.29 is 0 Å². The van der Waals surface area contributed by atoms with Crippen molar-refractivity contribution in [3.8, 4) is 0 Å². The third-order valence-electron chi connectivity index (χ3n) is 4.58. The standard InChI is InChI=1S/C14H23N3/c1-14(2)9-5-8-11-12(14)13(15)17(16-11)10-6-3-4-7-10/h10H,3-9,15H2,1-2H3. The number of hydrogen-bond acceptors (Lipinski definition) is 2. The van der Waals surface area contributed by atoms with E-state index in [0.717, 1.165) is 12.2 Å². The fraction of sp³-hybridized carbons (Fsp3) is 0.786. The van der Waals surface area contributed by atoms with Gasteiger partial charge in [0.1, 0.15) is 5.82 Å². The Labute approximate surface area is 103 Å². The second-order valence-corrected chi connectivity index (χ2v) is 6.33. The van der Waals surface area contributed by atoms with Crippen molar-refractivity contribution in [2.75, 3.05) is 5.73 Å². The zero-order valence-electron chi connectivity index (χ0n) is 11.0. The molecular formula is C14H23N3. The number of rotatable bonds is 1. The number of hydrogen-bond donors (Lipinski definition) is 1. The van der Waals surface area contributed by atoms with E-state index in [2.05, 4.69) is 18.5 Å². The van der Waals surface area contributed by atoms with Crippen molar-refractivity contribution in [3.63, 3.8) is 0 Å². The number of nitrogens with two attached hydrogens (primary N) is 1. The zero-order chi connectivity index (χ0) is 12.0. The lowest BCUT2D eigenvalue weighted by Gasteiger charge is -2.29. The second-order valence-electron chi connectivity index (χ2n) is 6.33. The van der Waals surface area contributed by atoms with Crippen LogP contribution in [-0.4, -0.2) is 9.78 Å². The molecule has 3 rings (SSSR count). The van der Waals surface area contributed by atoms with Gasteiger partial charge < -0.3 is 5.73 Å². The number of anilines is 1. The summed E-state index contributed by atoms with van der Waals surface area (Å²) >= 11 is 0. The van der Waals surface area contributed by atoms with E-state index in [1.54, 1.807) is 0 Å². The zero-order valence-corrected chi connectivity index (χ0v) is 11.0. The average Bonchev–Trinajstić information content (AvgIpc) is 2.85. The smallest absolute Gasteiger partial charge is 0.126 e. The monoisotopic (exact) mass is 233 g/mol. The molecule has 1 aromatic heterocycles. The maximum absolute atomic E-state index is 6.38. The highest BCUT2D eigenvalue weighted by atomic mass is 15.3. The molecule has 1 heterocycles. The molecule has 0 bridgehead atoms. The molecule has 0 saturated heterocycles. The molecule has 1 aromatic rings. The quantitative estimate of drug-likeness (QED) is 0.809. The SMILES string of the molecule is CC1(C)CCCc2nn(C3CCCC3)c(N)c21. The summed E-state index contributed by atoms with van der Waals surface area (Å²) < 4.78 is 2.14. The highest BCUT2D eigenvalue weighted by Crippen LogP contribution is 2.42. The largest absolute Gasteiger partial charge is 0.384 e. The Hall–Kier alpha value is -0.990. The first kappa shape index (κ1) is 11.1. The van der Waals surface area contributed by atoms with E-state index in [1.165, 1.54) is 49.8 Å². The second kappa shape index (κ2) is 3.76. The predicted molar refractivity (Wildman–Crippen MR) is 70.1 cm³/mol. The van der Waals surface area contributed by atoms with Gasteiger partial charge in [-0.05, 0) is 37.5 Å². The molecule has 0 atom stereocenters. The van der Waals surface area contributed by atoms with Crippen LogP contribution in [0.1, 0.15) is 69.7 Å².